The molecule has 0 fully saturated rings. The highest BCUT2D eigenvalue weighted by atomic mass is 15.2. The van der Waals surface area contributed by atoms with Crippen LogP contribution in [0.25, 0.3) is 33.0 Å². The number of benzene rings is 6. The van der Waals surface area contributed by atoms with E-state index in [0.29, 0.717) is 0 Å². The van der Waals surface area contributed by atoms with Crippen LogP contribution in [0.2, 0.25) is 0 Å². The van der Waals surface area contributed by atoms with E-state index in [9.17, 15) is 0 Å². The molecule has 6 aromatic rings. The third-order valence-corrected chi connectivity index (χ3v) is 11.2. The third kappa shape index (κ3) is 3.15. The van der Waals surface area contributed by atoms with Gasteiger partial charge in [-0.2, -0.15) is 0 Å². The minimum atomic E-state index is -0.196. The van der Waals surface area contributed by atoms with Gasteiger partial charge < -0.3 is 4.90 Å². The van der Waals surface area contributed by atoms with Crippen molar-refractivity contribution in [1.82, 2.24) is 0 Å². The van der Waals surface area contributed by atoms with Crippen LogP contribution in [-0.2, 0) is 16.2 Å². The lowest BCUT2D eigenvalue weighted by Crippen LogP contribution is -2.43. The number of hydrogen-bond acceptors (Lipinski definition) is 1. The molecule has 0 unspecified atom stereocenters. The predicted molar refractivity (Wildman–Crippen MR) is 186 cm³/mol. The second-order valence-electron chi connectivity index (χ2n) is 14.7. The highest BCUT2D eigenvalue weighted by Crippen LogP contribution is 2.66. The Balaban J connectivity index is 1.41. The molecule has 0 radical (unpaired) electrons. The molecular formula is C43H37N. The summed E-state index contributed by atoms with van der Waals surface area (Å²) in [7, 11) is 0. The lowest BCUT2D eigenvalue weighted by atomic mass is 9.60. The molecule has 9 rings (SSSR count). The number of fused-ring (bicyclic) bond motifs is 1. The van der Waals surface area contributed by atoms with Crippen LogP contribution < -0.4 is 4.90 Å². The Kier molecular flexibility index (Phi) is 4.87. The molecule has 0 N–H and O–H groups in total. The SMILES string of the molecule is CC1(C)c2cccc3c2N2c4c1cc(-c1ccccc1)cc4C(C)(C)c1cc(-c4ccc5ccccc5c4)cc(c12)C3(C)C. The minimum absolute atomic E-state index is 0.136. The minimum Gasteiger partial charge on any atom is -0.309 e. The Labute approximate surface area is 260 Å². The van der Waals surface area contributed by atoms with E-state index in [1.165, 1.54) is 83.5 Å². The average molecular weight is 568 g/mol. The largest absolute Gasteiger partial charge is 0.309 e. The summed E-state index contributed by atoms with van der Waals surface area (Å²) in [6.07, 6.45) is 0. The second-order valence-corrected chi connectivity index (χ2v) is 14.7. The molecule has 3 aliphatic rings. The van der Waals surface area contributed by atoms with Gasteiger partial charge in [0.2, 0.25) is 0 Å². The summed E-state index contributed by atoms with van der Waals surface area (Å²) in [5.74, 6) is 0. The summed E-state index contributed by atoms with van der Waals surface area (Å²) < 4.78 is 0. The standard InChI is InChI=1S/C43H37N/c1-41(2)32-17-12-18-33-38(32)44-39-34(41)22-30(26-13-8-7-9-14-26)23-36(39)43(5,6)37-25-31(24-35(40(37)44)42(33,3)4)29-20-19-27-15-10-11-16-28(27)21-29/h7-25H,1-6H3. The molecule has 3 aliphatic heterocycles. The molecule has 0 aromatic heterocycles. The fourth-order valence-corrected chi connectivity index (χ4v) is 8.55. The van der Waals surface area contributed by atoms with Gasteiger partial charge in [0, 0.05) is 16.2 Å². The molecule has 0 atom stereocenters. The first-order chi connectivity index (χ1) is 21.1. The highest BCUT2D eigenvalue weighted by Gasteiger charge is 2.51. The lowest BCUT2D eigenvalue weighted by Gasteiger charge is -2.55. The van der Waals surface area contributed by atoms with Gasteiger partial charge in [0.05, 0.1) is 17.1 Å². The molecule has 214 valence electrons. The fourth-order valence-electron chi connectivity index (χ4n) is 8.55. The van der Waals surface area contributed by atoms with Gasteiger partial charge in [-0.25, -0.2) is 0 Å². The molecule has 0 bridgehead atoms. The fraction of sp³-hybridized carbons (Fsp3) is 0.209. The smallest absolute Gasteiger partial charge is 0.0544 e. The molecule has 1 nitrogen and oxygen atoms in total. The van der Waals surface area contributed by atoms with E-state index in [2.05, 4.69) is 162 Å². The Morgan fingerprint density at radius 2 is 0.795 bits per heavy atom. The maximum Gasteiger partial charge on any atom is 0.0544 e. The van der Waals surface area contributed by atoms with Gasteiger partial charge in [-0.15, -0.1) is 0 Å². The first-order valence-electron chi connectivity index (χ1n) is 16.0. The van der Waals surface area contributed by atoms with Gasteiger partial charge in [0.25, 0.3) is 0 Å². The summed E-state index contributed by atoms with van der Waals surface area (Å²) in [5.41, 5.74) is 17.3. The first-order valence-corrected chi connectivity index (χ1v) is 16.0. The van der Waals surface area contributed by atoms with Crippen LogP contribution in [0.1, 0.15) is 74.9 Å². The van der Waals surface area contributed by atoms with Crippen molar-refractivity contribution in [2.45, 2.75) is 57.8 Å². The van der Waals surface area contributed by atoms with Crippen molar-refractivity contribution in [2.24, 2.45) is 0 Å². The van der Waals surface area contributed by atoms with Crippen molar-refractivity contribution in [3.63, 3.8) is 0 Å². The molecule has 0 amide bonds. The molecule has 44 heavy (non-hydrogen) atoms. The lowest BCUT2D eigenvalue weighted by molar-refractivity contribution is 0.567. The zero-order chi connectivity index (χ0) is 30.2. The molecule has 0 saturated carbocycles. The highest BCUT2D eigenvalue weighted by molar-refractivity contribution is 6.00. The zero-order valence-electron chi connectivity index (χ0n) is 26.4. The Morgan fingerprint density at radius 3 is 1.36 bits per heavy atom. The first kappa shape index (κ1) is 25.8. The molecule has 0 spiro atoms. The van der Waals surface area contributed by atoms with Crippen molar-refractivity contribution in [2.75, 3.05) is 4.90 Å². The monoisotopic (exact) mass is 567 g/mol. The van der Waals surface area contributed by atoms with Gasteiger partial charge in [-0.05, 0) is 96.7 Å². The van der Waals surface area contributed by atoms with Crippen molar-refractivity contribution in [1.29, 1.82) is 0 Å². The van der Waals surface area contributed by atoms with Crippen LogP contribution in [0.5, 0.6) is 0 Å². The summed E-state index contributed by atoms with van der Waals surface area (Å²) >= 11 is 0. The number of nitrogens with zero attached hydrogens (tertiary/aromatic N) is 1. The predicted octanol–water partition coefficient (Wildman–Crippen LogP) is 11.6. The van der Waals surface area contributed by atoms with E-state index in [1.807, 2.05) is 0 Å². The average Bonchev–Trinajstić information content (AvgIpc) is 3.03. The summed E-state index contributed by atoms with van der Waals surface area (Å²) in [4.78, 5) is 2.67. The van der Waals surface area contributed by atoms with Crippen LogP contribution in [0.3, 0.4) is 0 Å². The van der Waals surface area contributed by atoms with Crippen LogP contribution >= 0.6 is 0 Å². The van der Waals surface area contributed by atoms with Crippen molar-refractivity contribution in [3.8, 4) is 22.3 Å². The number of anilines is 3. The summed E-state index contributed by atoms with van der Waals surface area (Å²) in [6.45, 7) is 14.6. The van der Waals surface area contributed by atoms with Gasteiger partial charge >= 0.3 is 0 Å². The quantitative estimate of drug-likeness (QED) is 0.201. The zero-order valence-corrected chi connectivity index (χ0v) is 26.4. The summed E-state index contributed by atoms with van der Waals surface area (Å²) in [5, 5.41) is 2.56. The third-order valence-electron chi connectivity index (χ3n) is 11.2. The normalized spacial score (nSPS) is 17.4. The molecule has 6 aromatic carbocycles. The topological polar surface area (TPSA) is 3.24 Å². The number of hydrogen-bond donors (Lipinski definition) is 0. The molecule has 3 heterocycles. The van der Waals surface area contributed by atoms with Crippen LogP contribution in [0, 0.1) is 0 Å². The van der Waals surface area contributed by atoms with Crippen LogP contribution in [-0.4, -0.2) is 0 Å². The van der Waals surface area contributed by atoms with Crippen LogP contribution in [0.15, 0.2) is 115 Å². The van der Waals surface area contributed by atoms with Gasteiger partial charge in [0.1, 0.15) is 0 Å². The van der Waals surface area contributed by atoms with Crippen LogP contribution in [0.4, 0.5) is 17.1 Å². The van der Waals surface area contributed by atoms with E-state index in [-0.39, 0.29) is 16.2 Å². The number of para-hydroxylation sites is 1. The van der Waals surface area contributed by atoms with Crippen molar-refractivity contribution in [3.05, 3.63) is 149 Å². The molecule has 0 aliphatic carbocycles. The molecule has 1 heteroatoms. The van der Waals surface area contributed by atoms with Gasteiger partial charge in [0.15, 0.2) is 0 Å². The van der Waals surface area contributed by atoms with Gasteiger partial charge in [-0.1, -0.05) is 126 Å². The van der Waals surface area contributed by atoms with E-state index in [1.54, 1.807) is 0 Å². The Bertz CT molecular complexity index is 2200. The second kappa shape index (κ2) is 8.30. The Morgan fingerprint density at radius 1 is 0.341 bits per heavy atom. The summed E-state index contributed by atoms with van der Waals surface area (Å²) in [6, 6.07) is 43.6. The van der Waals surface area contributed by atoms with E-state index < -0.39 is 0 Å². The maximum atomic E-state index is 2.67. The van der Waals surface area contributed by atoms with E-state index in [0.717, 1.165) is 0 Å². The van der Waals surface area contributed by atoms with Crippen molar-refractivity contribution < 1.29 is 0 Å². The number of rotatable bonds is 2. The van der Waals surface area contributed by atoms with E-state index >= 15 is 0 Å². The molecule has 0 saturated heterocycles. The van der Waals surface area contributed by atoms with Gasteiger partial charge in [-0.3, -0.25) is 0 Å². The Hall–Kier alpha value is -4.62. The molecular weight excluding hydrogens is 530 g/mol. The maximum absolute atomic E-state index is 2.67. The van der Waals surface area contributed by atoms with Crippen molar-refractivity contribution >= 4 is 27.8 Å². The van der Waals surface area contributed by atoms with E-state index in [4.69, 9.17) is 0 Å².